The van der Waals surface area contributed by atoms with Gasteiger partial charge >= 0.3 is 17.9 Å². The van der Waals surface area contributed by atoms with Crippen molar-refractivity contribution in [3.63, 3.8) is 0 Å². The number of fused-ring (bicyclic) bond motifs is 3. The molecule has 12 heteroatoms. The lowest BCUT2D eigenvalue weighted by atomic mass is 9.93. The van der Waals surface area contributed by atoms with Crippen LogP contribution in [0.25, 0.3) is 51.4 Å². The fraction of sp³-hybridized carbons (Fsp3) is 0.339. The molecular formula is C56H55BrN2O6S3. The summed E-state index contributed by atoms with van der Waals surface area (Å²) in [7, 11) is 0. The third-order valence-corrected chi connectivity index (χ3v) is 17.7. The molecule has 5 aromatic heterocycles. The second-order valence-corrected chi connectivity index (χ2v) is 22.2. The van der Waals surface area contributed by atoms with Crippen molar-refractivity contribution in [2.45, 2.75) is 109 Å². The minimum Gasteiger partial charge on any atom is -0.478 e. The van der Waals surface area contributed by atoms with Gasteiger partial charge in [0, 0.05) is 26.5 Å². The molecule has 8 nitrogen and oxygen atoms in total. The summed E-state index contributed by atoms with van der Waals surface area (Å²) in [5.41, 5.74) is 7.88. The maximum atomic E-state index is 12.1. The molecule has 3 aliphatic carbocycles. The largest absolute Gasteiger partial charge is 0.478 e. The molecule has 3 fully saturated rings. The number of halogens is 1. The number of pyridine rings is 2. The zero-order valence-electron chi connectivity index (χ0n) is 38.4. The number of hydrogen-bond acceptors (Lipinski definition) is 10. The molecule has 0 aliphatic heterocycles. The summed E-state index contributed by atoms with van der Waals surface area (Å²) < 4.78 is 14.8. The SMILES string of the molecule is CCOC(=O)c1ccc2c(C3CCCC3)c(-c3ccccn3)sc2c1.CCOC(=O)c1ccc2c(C3CCCC3)c(Br)sc2c1.O=C(O)c1ccc2c(C3CCCC3)c(-c3ccccn3)sc2c1. The van der Waals surface area contributed by atoms with Crippen LogP contribution in [0.3, 0.4) is 0 Å². The summed E-state index contributed by atoms with van der Waals surface area (Å²) in [6.45, 7) is 4.47. The molecule has 8 aromatic rings. The van der Waals surface area contributed by atoms with Gasteiger partial charge in [-0.3, -0.25) is 9.97 Å². The third kappa shape index (κ3) is 10.3. The third-order valence-electron chi connectivity index (χ3n) is 13.5. The number of aromatic nitrogens is 2. The van der Waals surface area contributed by atoms with Gasteiger partial charge < -0.3 is 14.6 Å². The molecule has 3 aliphatic rings. The first-order chi connectivity index (χ1) is 33.2. The molecule has 0 unspecified atom stereocenters. The standard InChI is InChI=1S/C21H21NO2S.C19H17NO2S.C16H17BrO2S/c1-2-24-21(23)15-10-11-16-18(13-15)25-20(17-9-5-6-12-22-17)19(16)14-7-3-4-8-14;21-19(22)13-8-9-14-16(11-13)23-18(15-7-3-4-10-20-15)17(14)12-5-1-2-6-12;1-2-19-16(18)11-7-8-12-13(9-11)20-15(17)14(12)10-5-3-4-6-10/h5-6,9-14H,2-4,7-8H2,1H3;3-4,7-12H,1-2,5-6H2,(H,21,22);7-10H,2-6H2,1H3. The number of nitrogens with zero attached hydrogens (tertiary/aromatic N) is 2. The minimum absolute atomic E-state index is 0.235. The zero-order valence-corrected chi connectivity index (χ0v) is 42.5. The normalized spacial score (nSPS) is 15.3. The maximum absolute atomic E-state index is 12.1. The number of rotatable bonds is 10. The summed E-state index contributed by atoms with van der Waals surface area (Å²) in [6, 6.07) is 29.4. The lowest BCUT2D eigenvalue weighted by molar-refractivity contribution is 0.0517. The molecule has 3 aromatic carbocycles. The predicted molar refractivity (Wildman–Crippen MR) is 282 cm³/mol. The number of esters is 2. The van der Waals surface area contributed by atoms with Crippen molar-refractivity contribution in [3.05, 3.63) is 141 Å². The van der Waals surface area contributed by atoms with E-state index in [1.165, 1.54) is 128 Å². The van der Waals surface area contributed by atoms with Crippen molar-refractivity contribution in [3.8, 4) is 21.1 Å². The molecule has 0 saturated heterocycles. The lowest BCUT2D eigenvalue weighted by Gasteiger charge is -2.11. The first-order valence-corrected chi connectivity index (χ1v) is 27.2. The van der Waals surface area contributed by atoms with Gasteiger partial charge in [0.1, 0.15) is 0 Å². The number of carbonyl (C=O) groups excluding carboxylic acids is 2. The van der Waals surface area contributed by atoms with E-state index in [1.807, 2.05) is 86.9 Å². The van der Waals surface area contributed by atoms with E-state index in [0.29, 0.717) is 47.7 Å². The molecular weight excluding hydrogens is 973 g/mol. The smallest absolute Gasteiger partial charge is 0.338 e. The van der Waals surface area contributed by atoms with Crippen LogP contribution in [0.1, 0.15) is 156 Å². The van der Waals surface area contributed by atoms with Gasteiger partial charge in [0.2, 0.25) is 0 Å². The number of ether oxygens (including phenoxy) is 2. The van der Waals surface area contributed by atoms with Crippen LogP contribution in [0.15, 0.2) is 107 Å². The van der Waals surface area contributed by atoms with E-state index in [9.17, 15) is 19.5 Å². The van der Waals surface area contributed by atoms with Gasteiger partial charge in [-0.15, -0.1) is 34.0 Å². The van der Waals surface area contributed by atoms with Crippen LogP contribution < -0.4 is 0 Å². The lowest BCUT2D eigenvalue weighted by Crippen LogP contribution is -2.04. The molecule has 0 radical (unpaired) electrons. The van der Waals surface area contributed by atoms with Gasteiger partial charge in [-0.25, -0.2) is 14.4 Å². The quantitative estimate of drug-likeness (QED) is 0.135. The number of hydrogen-bond donors (Lipinski definition) is 1. The molecule has 0 spiro atoms. The van der Waals surface area contributed by atoms with Crippen LogP contribution in [-0.2, 0) is 9.47 Å². The van der Waals surface area contributed by atoms with Gasteiger partial charge in [0.25, 0.3) is 0 Å². The highest BCUT2D eigenvalue weighted by Crippen LogP contribution is 2.49. The molecule has 0 bridgehead atoms. The maximum Gasteiger partial charge on any atom is 0.338 e. The van der Waals surface area contributed by atoms with Crippen LogP contribution in [0.4, 0.5) is 0 Å². The Bertz CT molecular complexity index is 3050. The zero-order chi connectivity index (χ0) is 47.1. The highest BCUT2D eigenvalue weighted by Gasteiger charge is 2.28. The monoisotopic (exact) mass is 1030 g/mol. The number of aromatic carboxylic acids is 1. The van der Waals surface area contributed by atoms with E-state index in [1.54, 1.807) is 46.1 Å². The minimum atomic E-state index is -0.873. The van der Waals surface area contributed by atoms with Crippen molar-refractivity contribution < 1.29 is 29.0 Å². The van der Waals surface area contributed by atoms with Gasteiger partial charge in [-0.2, -0.15) is 0 Å². The molecule has 1 N–H and O–H groups in total. The van der Waals surface area contributed by atoms with Crippen molar-refractivity contribution in [2.24, 2.45) is 0 Å². The molecule has 350 valence electrons. The average Bonchev–Trinajstić information content (AvgIpc) is 4.23. The summed E-state index contributed by atoms with van der Waals surface area (Å²) in [6.07, 6.45) is 18.9. The van der Waals surface area contributed by atoms with E-state index < -0.39 is 5.97 Å². The van der Waals surface area contributed by atoms with Gasteiger partial charge in [-0.05, 0) is 180 Å². The van der Waals surface area contributed by atoms with Crippen molar-refractivity contribution >= 4 is 98.1 Å². The van der Waals surface area contributed by atoms with Crippen molar-refractivity contribution in [1.29, 1.82) is 0 Å². The van der Waals surface area contributed by atoms with E-state index in [4.69, 9.17) is 9.47 Å². The molecule has 11 rings (SSSR count). The molecule has 5 heterocycles. The number of carbonyl (C=O) groups is 3. The Morgan fingerprint density at radius 2 is 0.926 bits per heavy atom. The molecule has 3 saturated carbocycles. The van der Waals surface area contributed by atoms with E-state index in [-0.39, 0.29) is 11.9 Å². The van der Waals surface area contributed by atoms with E-state index >= 15 is 0 Å². The Labute approximate surface area is 417 Å². The number of benzene rings is 3. The van der Waals surface area contributed by atoms with Crippen LogP contribution in [-0.4, -0.2) is 46.2 Å². The highest BCUT2D eigenvalue weighted by atomic mass is 79.9. The summed E-state index contributed by atoms with van der Waals surface area (Å²) in [5.74, 6) is 0.477. The van der Waals surface area contributed by atoms with Gasteiger partial charge in [-0.1, -0.05) is 68.9 Å². The second-order valence-electron chi connectivity index (χ2n) is 17.7. The summed E-state index contributed by atoms with van der Waals surface area (Å²) in [4.78, 5) is 46.7. The Morgan fingerprint density at radius 3 is 1.32 bits per heavy atom. The molecule has 0 atom stereocenters. The fourth-order valence-corrected chi connectivity index (χ4v) is 15.1. The summed E-state index contributed by atoms with van der Waals surface area (Å²) in [5, 5.41) is 13.0. The highest BCUT2D eigenvalue weighted by molar-refractivity contribution is 9.11. The Morgan fingerprint density at radius 1 is 0.544 bits per heavy atom. The fourth-order valence-electron chi connectivity index (χ4n) is 10.3. The first kappa shape index (κ1) is 47.8. The van der Waals surface area contributed by atoms with Crippen molar-refractivity contribution in [1.82, 2.24) is 9.97 Å². The van der Waals surface area contributed by atoms with Crippen LogP contribution >= 0.6 is 49.9 Å². The van der Waals surface area contributed by atoms with Crippen molar-refractivity contribution in [2.75, 3.05) is 13.2 Å². The Kier molecular flexibility index (Phi) is 15.5. The number of carboxylic acids is 1. The molecule has 0 amide bonds. The van der Waals surface area contributed by atoms with Gasteiger partial charge in [0.15, 0.2) is 0 Å². The van der Waals surface area contributed by atoms with E-state index in [2.05, 4.69) is 44.1 Å². The Balaban J connectivity index is 0.000000128. The average molecular weight is 1030 g/mol. The predicted octanol–water partition coefficient (Wildman–Crippen LogP) is 16.6. The van der Waals surface area contributed by atoms with E-state index in [0.717, 1.165) is 20.8 Å². The first-order valence-electron chi connectivity index (χ1n) is 24.0. The van der Waals surface area contributed by atoms with Crippen LogP contribution in [0, 0.1) is 0 Å². The van der Waals surface area contributed by atoms with Gasteiger partial charge in [0.05, 0.1) is 54.8 Å². The number of carboxylic acid groups (broad SMARTS) is 1. The second kappa shape index (κ2) is 22.0. The van der Waals surface area contributed by atoms with Crippen LogP contribution in [0.5, 0.6) is 0 Å². The Hall–Kier alpha value is -5.27. The number of thiophene rings is 3. The topological polar surface area (TPSA) is 116 Å². The molecule has 68 heavy (non-hydrogen) atoms. The van der Waals surface area contributed by atoms with Crippen LogP contribution in [0.2, 0.25) is 0 Å². The summed E-state index contributed by atoms with van der Waals surface area (Å²) >= 11 is 8.85.